The average Bonchev–Trinajstić information content (AvgIpc) is 2.84. The molecule has 0 aromatic heterocycles. The van der Waals surface area contributed by atoms with Gasteiger partial charge in [0, 0.05) is 45.2 Å². The molecular weight excluding hydrogens is 448 g/mol. The Morgan fingerprint density at radius 3 is 2.15 bits per heavy atom. The van der Waals surface area contributed by atoms with Gasteiger partial charge < -0.3 is 19.9 Å². The number of carbonyl (C=O) groups is 3. The maximum atomic E-state index is 12.8. The fourth-order valence-electron chi connectivity index (χ4n) is 4.09. The van der Waals surface area contributed by atoms with Crippen molar-refractivity contribution in [1.82, 2.24) is 19.4 Å². The summed E-state index contributed by atoms with van der Waals surface area (Å²) < 4.78 is 31.9. The fraction of sp³-hybridized carbons (Fsp3) is 0.591. The molecule has 1 aromatic carbocycles. The van der Waals surface area contributed by atoms with Crippen molar-refractivity contribution >= 4 is 27.9 Å². The second kappa shape index (κ2) is 11.0. The minimum absolute atomic E-state index is 0.198. The highest BCUT2D eigenvalue weighted by Gasteiger charge is 2.34. The Morgan fingerprint density at radius 1 is 1.00 bits per heavy atom. The number of amides is 3. The van der Waals surface area contributed by atoms with Gasteiger partial charge in [0.15, 0.2) is 0 Å². The number of nitrogens with one attached hydrogen (secondary N) is 1. The summed E-state index contributed by atoms with van der Waals surface area (Å²) in [5.74, 6) is -0.781. The van der Waals surface area contributed by atoms with E-state index in [1.165, 1.54) is 4.31 Å². The van der Waals surface area contributed by atoms with Crippen molar-refractivity contribution in [3.05, 3.63) is 30.3 Å². The lowest BCUT2D eigenvalue weighted by Crippen LogP contribution is -2.56. The van der Waals surface area contributed by atoms with Crippen LogP contribution in [0.3, 0.4) is 0 Å². The first kappa shape index (κ1) is 25.0. The summed E-state index contributed by atoms with van der Waals surface area (Å²) in [6.45, 7) is 5.75. The Morgan fingerprint density at radius 2 is 1.58 bits per heavy atom. The first-order chi connectivity index (χ1) is 15.7. The zero-order valence-corrected chi connectivity index (χ0v) is 19.9. The third kappa shape index (κ3) is 6.02. The van der Waals surface area contributed by atoms with Crippen molar-refractivity contribution in [2.75, 3.05) is 45.9 Å². The molecule has 1 N–H and O–H groups in total. The molecule has 1 aromatic rings. The maximum Gasteiger partial charge on any atom is 0.409 e. The van der Waals surface area contributed by atoms with Crippen molar-refractivity contribution in [2.45, 2.75) is 37.6 Å². The van der Waals surface area contributed by atoms with Crippen molar-refractivity contribution in [3.8, 4) is 0 Å². The molecule has 1 unspecified atom stereocenters. The summed E-state index contributed by atoms with van der Waals surface area (Å²) in [6, 6.07) is 7.56. The van der Waals surface area contributed by atoms with Crippen LogP contribution in [0.1, 0.15) is 26.7 Å². The second-order valence-corrected chi connectivity index (χ2v) is 10.2. The van der Waals surface area contributed by atoms with E-state index in [1.54, 1.807) is 54.0 Å². The highest BCUT2D eigenvalue weighted by molar-refractivity contribution is 7.89. The van der Waals surface area contributed by atoms with Crippen LogP contribution in [-0.2, 0) is 24.3 Å². The molecule has 1 atom stereocenters. The summed E-state index contributed by atoms with van der Waals surface area (Å²) in [4.78, 5) is 40.7. The van der Waals surface area contributed by atoms with E-state index in [9.17, 15) is 22.8 Å². The maximum absolute atomic E-state index is 12.8. The van der Waals surface area contributed by atoms with Crippen LogP contribution in [0.5, 0.6) is 0 Å². The number of rotatable bonds is 6. The lowest BCUT2D eigenvalue weighted by atomic mass is 9.97. The van der Waals surface area contributed by atoms with Gasteiger partial charge in [0.1, 0.15) is 6.04 Å². The normalized spacial score (nSPS) is 19.1. The monoisotopic (exact) mass is 480 g/mol. The zero-order chi connectivity index (χ0) is 24.0. The van der Waals surface area contributed by atoms with E-state index in [0.717, 1.165) is 0 Å². The fourth-order valence-corrected chi connectivity index (χ4v) is 5.58. The number of hydrogen-bond donors (Lipinski definition) is 1. The van der Waals surface area contributed by atoms with Crippen molar-refractivity contribution in [2.24, 2.45) is 5.92 Å². The number of sulfonamides is 1. The van der Waals surface area contributed by atoms with Gasteiger partial charge in [-0.3, -0.25) is 9.59 Å². The van der Waals surface area contributed by atoms with Gasteiger partial charge in [0.2, 0.25) is 21.8 Å². The van der Waals surface area contributed by atoms with Gasteiger partial charge in [0.05, 0.1) is 11.5 Å². The zero-order valence-electron chi connectivity index (χ0n) is 19.1. The first-order valence-corrected chi connectivity index (χ1v) is 12.7. The lowest BCUT2D eigenvalue weighted by molar-refractivity contribution is -0.138. The Kier molecular flexibility index (Phi) is 8.30. The largest absolute Gasteiger partial charge is 0.450 e. The van der Waals surface area contributed by atoms with Crippen LogP contribution >= 0.6 is 0 Å². The van der Waals surface area contributed by atoms with Crippen molar-refractivity contribution < 1.29 is 27.5 Å². The van der Waals surface area contributed by atoms with Crippen LogP contribution in [0.4, 0.5) is 4.79 Å². The average molecular weight is 481 g/mol. The molecule has 2 heterocycles. The van der Waals surface area contributed by atoms with E-state index in [0.29, 0.717) is 45.6 Å². The molecule has 11 heteroatoms. The van der Waals surface area contributed by atoms with Gasteiger partial charge in [0.25, 0.3) is 0 Å². The SMILES string of the molecule is CCOC(=O)N1CCN(C(=O)C(C)NC(=O)C2CCN(S(=O)(=O)c3ccccc3)CC2)CC1. The minimum atomic E-state index is -3.57. The smallest absolute Gasteiger partial charge is 0.409 e. The Balaban J connectivity index is 1.46. The predicted octanol–water partition coefficient (Wildman–Crippen LogP) is 0.893. The van der Waals surface area contributed by atoms with Gasteiger partial charge in [-0.05, 0) is 38.8 Å². The van der Waals surface area contributed by atoms with Gasteiger partial charge >= 0.3 is 6.09 Å². The number of carbonyl (C=O) groups excluding carboxylic acids is 3. The molecule has 3 rings (SSSR count). The summed E-state index contributed by atoms with van der Waals surface area (Å²) in [5, 5.41) is 2.78. The minimum Gasteiger partial charge on any atom is -0.450 e. The van der Waals surface area contributed by atoms with E-state index in [-0.39, 0.29) is 41.8 Å². The molecule has 0 saturated carbocycles. The topological polar surface area (TPSA) is 116 Å². The van der Waals surface area contributed by atoms with E-state index < -0.39 is 16.1 Å². The molecule has 2 fully saturated rings. The molecule has 2 aliphatic rings. The van der Waals surface area contributed by atoms with Gasteiger partial charge in [-0.2, -0.15) is 4.31 Å². The van der Waals surface area contributed by atoms with Crippen LogP contribution in [0.25, 0.3) is 0 Å². The summed E-state index contributed by atoms with van der Waals surface area (Å²) in [5.41, 5.74) is 0. The van der Waals surface area contributed by atoms with Crippen molar-refractivity contribution in [3.63, 3.8) is 0 Å². The predicted molar refractivity (Wildman–Crippen MR) is 121 cm³/mol. The molecule has 0 spiro atoms. The Bertz CT molecular complexity index is 939. The van der Waals surface area contributed by atoms with E-state index in [4.69, 9.17) is 4.74 Å². The number of hydrogen-bond acceptors (Lipinski definition) is 6. The van der Waals surface area contributed by atoms with Gasteiger partial charge in [-0.1, -0.05) is 18.2 Å². The molecule has 182 valence electrons. The number of nitrogens with zero attached hydrogens (tertiary/aromatic N) is 3. The van der Waals surface area contributed by atoms with Crippen LogP contribution < -0.4 is 5.32 Å². The van der Waals surface area contributed by atoms with E-state index in [2.05, 4.69) is 5.32 Å². The highest BCUT2D eigenvalue weighted by atomic mass is 32.2. The number of piperidine rings is 1. The van der Waals surface area contributed by atoms with E-state index in [1.807, 2.05) is 0 Å². The Hall–Kier alpha value is -2.66. The first-order valence-electron chi connectivity index (χ1n) is 11.3. The molecular formula is C22H32N4O6S. The van der Waals surface area contributed by atoms with Gasteiger partial charge in [-0.15, -0.1) is 0 Å². The lowest BCUT2D eigenvalue weighted by Gasteiger charge is -2.36. The van der Waals surface area contributed by atoms with Gasteiger partial charge in [-0.25, -0.2) is 13.2 Å². The highest BCUT2D eigenvalue weighted by Crippen LogP contribution is 2.24. The van der Waals surface area contributed by atoms with Crippen LogP contribution in [0.15, 0.2) is 35.2 Å². The Labute approximate surface area is 194 Å². The third-order valence-electron chi connectivity index (χ3n) is 6.05. The molecule has 10 nitrogen and oxygen atoms in total. The molecule has 0 radical (unpaired) electrons. The van der Waals surface area contributed by atoms with Crippen LogP contribution in [0.2, 0.25) is 0 Å². The molecule has 2 saturated heterocycles. The molecule has 33 heavy (non-hydrogen) atoms. The summed E-state index contributed by atoms with van der Waals surface area (Å²) >= 11 is 0. The number of benzene rings is 1. The standard InChI is InChI=1S/C22H32N4O6S/c1-3-32-22(29)25-15-13-24(14-16-25)21(28)17(2)23-20(27)18-9-11-26(12-10-18)33(30,31)19-7-5-4-6-8-19/h4-8,17-18H,3,9-16H2,1-2H3,(H,23,27). The van der Waals surface area contributed by atoms with Crippen molar-refractivity contribution in [1.29, 1.82) is 0 Å². The van der Waals surface area contributed by atoms with Crippen LogP contribution in [0, 0.1) is 5.92 Å². The second-order valence-electron chi connectivity index (χ2n) is 8.23. The molecule has 0 bridgehead atoms. The molecule has 3 amide bonds. The summed E-state index contributed by atoms with van der Waals surface area (Å²) in [7, 11) is -3.57. The van der Waals surface area contributed by atoms with Crippen LogP contribution in [-0.4, -0.2) is 92.3 Å². The summed E-state index contributed by atoms with van der Waals surface area (Å²) in [6.07, 6.45) is 0.417. The number of piperazine rings is 1. The third-order valence-corrected chi connectivity index (χ3v) is 7.97. The number of ether oxygens (including phenoxy) is 1. The quantitative estimate of drug-likeness (QED) is 0.647. The van der Waals surface area contributed by atoms with E-state index >= 15 is 0 Å². The molecule has 0 aliphatic carbocycles. The molecule has 2 aliphatic heterocycles.